The van der Waals surface area contributed by atoms with Crippen molar-refractivity contribution in [2.75, 3.05) is 7.05 Å². The topological polar surface area (TPSA) is 29.3 Å². The highest BCUT2D eigenvalue weighted by molar-refractivity contribution is 5.24. The lowest BCUT2D eigenvalue weighted by Gasteiger charge is -2.34. The van der Waals surface area contributed by atoms with Crippen molar-refractivity contribution < 1.29 is 4.39 Å². The van der Waals surface area contributed by atoms with E-state index in [1.165, 1.54) is 25.7 Å². The van der Waals surface area contributed by atoms with Gasteiger partial charge in [0.25, 0.3) is 0 Å². The van der Waals surface area contributed by atoms with Gasteiger partial charge >= 0.3 is 0 Å². The highest BCUT2D eigenvalue weighted by Gasteiger charge is 2.22. The van der Waals surface area contributed by atoms with Crippen molar-refractivity contribution in [1.82, 2.24) is 4.90 Å². The molecule has 0 amide bonds. The minimum atomic E-state index is -0.126. The van der Waals surface area contributed by atoms with E-state index in [-0.39, 0.29) is 5.82 Å². The largest absolute Gasteiger partial charge is 0.326 e. The van der Waals surface area contributed by atoms with Crippen molar-refractivity contribution >= 4 is 0 Å². The number of benzene rings is 1. The summed E-state index contributed by atoms with van der Waals surface area (Å²) in [5, 5.41) is 0. The molecule has 0 aromatic heterocycles. The van der Waals surface area contributed by atoms with Gasteiger partial charge in [-0.15, -0.1) is 0 Å². The molecule has 2 unspecified atom stereocenters. The first kappa shape index (κ1) is 14.5. The van der Waals surface area contributed by atoms with E-state index in [2.05, 4.69) is 18.9 Å². The molecule has 0 spiro atoms. The maximum Gasteiger partial charge on any atom is 0.128 e. The Morgan fingerprint density at radius 3 is 2.79 bits per heavy atom. The molecule has 2 nitrogen and oxygen atoms in total. The molecule has 106 valence electrons. The Morgan fingerprint density at radius 2 is 2.16 bits per heavy atom. The Hall–Kier alpha value is -0.930. The van der Waals surface area contributed by atoms with Gasteiger partial charge in [-0.1, -0.05) is 31.9 Å². The van der Waals surface area contributed by atoms with E-state index in [9.17, 15) is 4.39 Å². The molecule has 3 heteroatoms. The first-order chi connectivity index (χ1) is 9.10. The number of nitrogens with two attached hydrogens (primary N) is 1. The van der Waals surface area contributed by atoms with Gasteiger partial charge in [0.05, 0.1) is 0 Å². The monoisotopic (exact) mass is 264 g/mol. The van der Waals surface area contributed by atoms with Gasteiger partial charge in [-0.2, -0.15) is 0 Å². The molecule has 1 aromatic rings. The normalized spacial score (nSPS) is 23.8. The maximum atomic E-state index is 14.0. The van der Waals surface area contributed by atoms with Crippen molar-refractivity contribution in [3.05, 3.63) is 35.1 Å². The molecule has 0 saturated heterocycles. The lowest BCUT2D eigenvalue weighted by atomic mass is 9.86. The molecule has 1 saturated carbocycles. The van der Waals surface area contributed by atoms with Gasteiger partial charge in [0.1, 0.15) is 5.82 Å². The molecule has 1 aliphatic carbocycles. The summed E-state index contributed by atoms with van der Waals surface area (Å²) in [6, 6.07) is 5.96. The average molecular weight is 264 g/mol. The molecule has 0 heterocycles. The molecule has 0 aliphatic heterocycles. The van der Waals surface area contributed by atoms with Crippen molar-refractivity contribution in [1.29, 1.82) is 0 Å². The van der Waals surface area contributed by atoms with Crippen LogP contribution in [0.3, 0.4) is 0 Å². The van der Waals surface area contributed by atoms with Crippen LogP contribution < -0.4 is 5.73 Å². The quantitative estimate of drug-likeness (QED) is 0.904. The van der Waals surface area contributed by atoms with Crippen LogP contribution in [-0.2, 0) is 13.1 Å². The van der Waals surface area contributed by atoms with Crippen LogP contribution in [0.15, 0.2) is 18.2 Å². The molecule has 0 bridgehead atoms. The van der Waals surface area contributed by atoms with E-state index >= 15 is 0 Å². The van der Waals surface area contributed by atoms with Crippen LogP contribution >= 0.6 is 0 Å². The molecule has 1 aromatic carbocycles. The van der Waals surface area contributed by atoms with Crippen LogP contribution in [0.4, 0.5) is 4.39 Å². The molecule has 1 fully saturated rings. The predicted octanol–water partition coefficient (Wildman–Crippen LogP) is 3.29. The van der Waals surface area contributed by atoms with E-state index in [0.717, 1.165) is 17.0 Å². The number of hydrogen-bond acceptors (Lipinski definition) is 2. The third kappa shape index (κ3) is 3.77. The van der Waals surface area contributed by atoms with Gasteiger partial charge in [0, 0.05) is 24.7 Å². The lowest BCUT2D eigenvalue weighted by molar-refractivity contribution is 0.156. The predicted molar refractivity (Wildman–Crippen MR) is 77.2 cm³/mol. The van der Waals surface area contributed by atoms with Gasteiger partial charge < -0.3 is 5.73 Å². The van der Waals surface area contributed by atoms with E-state index < -0.39 is 0 Å². The summed E-state index contributed by atoms with van der Waals surface area (Å²) < 4.78 is 14.0. The zero-order chi connectivity index (χ0) is 13.8. The summed E-state index contributed by atoms with van der Waals surface area (Å²) in [6.45, 7) is 3.40. The summed E-state index contributed by atoms with van der Waals surface area (Å²) in [5.74, 6) is 0.671. The maximum absolute atomic E-state index is 14.0. The number of rotatable bonds is 4. The first-order valence-corrected chi connectivity index (χ1v) is 7.27. The highest BCUT2D eigenvalue weighted by Crippen LogP contribution is 2.27. The molecule has 1 aliphatic rings. The summed E-state index contributed by atoms with van der Waals surface area (Å²) >= 11 is 0. The van der Waals surface area contributed by atoms with Crippen molar-refractivity contribution in [2.24, 2.45) is 11.7 Å². The number of halogens is 1. The zero-order valence-electron chi connectivity index (χ0n) is 12.0. The molecule has 2 atom stereocenters. The summed E-state index contributed by atoms with van der Waals surface area (Å²) in [4.78, 5) is 2.30. The Labute approximate surface area is 115 Å². The van der Waals surface area contributed by atoms with Crippen LogP contribution in [0.25, 0.3) is 0 Å². The van der Waals surface area contributed by atoms with Crippen LogP contribution in [0, 0.1) is 11.7 Å². The Morgan fingerprint density at radius 1 is 1.37 bits per heavy atom. The molecule has 0 radical (unpaired) electrons. The molecule has 2 rings (SSSR count). The van der Waals surface area contributed by atoms with E-state index in [1.54, 1.807) is 6.07 Å². The highest BCUT2D eigenvalue weighted by atomic mass is 19.1. The zero-order valence-corrected chi connectivity index (χ0v) is 12.0. The van der Waals surface area contributed by atoms with Crippen LogP contribution in [0.2, 0.25) is 0 Å². The minimum absolute atomic E-state index is 0.126. The van der Waals surface area contributed by atoms with Crippen LogP contribution in [-0.4, -0.2) is 18.0 Å². The second-order valence-corrected chi connectivity index (χ2v) is 5.97. The fraction of sp³-hybridized carbons (Fsp3) is 0.625. The Kier molecular flexibility index (Phi) is 4.94. The first-order valence-electron chi connectivity index (χ1n) is 7.27. The third-order valence-corrected chi connectivity index (χ3v) is 4.30. The molecular weight excluding hydrogens is 239 g/mol. The fourth-order valence-electron chi connectivity index (χ4n) is 3.05. The van der Waals surface area contributed by atoms with Crippen molar-refractivity contribution in [2.45, 2.75) is 51.7 Å². The Balaban J connectivity index is 2.00. The van der Waals surface area contributed by atoms with Crippen molar-refractivity contribution in [3.8, 4) is 0 Å². The van der Waals surface area contributed by atoms with Gasteiger partial charge in [-0.25, -0.2) is 4.39 Å². The number of nitrogens with zero attached hydrogens (tertiary/aromatic N) is 1. The van der Waals surface area contributed by atoms with Gasteiger partial charge in [0.2, 0.25) is 0 Å². The third-order valence-electron chi connectivity index (χ3n) is 4.30. The smallest absolute Gasteiger partial charge is 0.128 e. The lowest BCUT2D eigenvalue weighted by Crippen LogP contribution is -2.35. The van der Waals surface area contributed by atoms with Crippen LogP contribution in [0.5, 0.6) is 0 Å². The second-order valence-electron chi connectivity index (χ2n) is 5.97. The standard InChI is InChI=1S/C16H25FN2/c1-12-4-3-5-15(8-12)19(2)11-14-7-6-13(10-18)9-16(14)17/h6-7,9,12,15H,3-5,8,10-11,18H2,1-2H3. The summed E-state index contributed by atoms with van der Waals surface area (Å²) in [6.07, 6.45) is 5.11. The molecule has 19 heavy (non-hydrogen) atoms. The summed E-state index contributed by atoms with van der Waals surface area (Å²) in [5.41, 5.74) is 7.16. The fourth-order valence-corrected chi connectivity index (χ4v) is 3.05. The minimum Gasteiger partial charge on any atom is -0.326 e. The van der Waals surface area contributed by atoms with Crippen LogP contribution in [0.1, 0.15) is 43.7 Å². The van der Waals surface area contributed by atoms with E-state index in [4.69, 9.17) is 5.73 Å². The van der Waals surface area contributed by atoms with Gasteiger partial charge in [-0.3, -0.25) is 4.90 Å². The summed E-state index contributed by atoms with van der Waals surface area (Å²) in [7, 11) is 2.11. The molecule has 2 N–H and O–H groups in total. The SMILES string of the molecule is CC1CCCC(N(C)Cc2ccc(CN)cc2F)C1. The Bertz CT molecular complexity index is 419. The van der Waals surface area contributed by atoms with Gasteiger partial charge in [0.15, 0.2) is 0 Å². The van der Waals surface area contributed by atoms with E-state index in [0.29, 0.717) is 19.1 Å². The van der Waals surface area contributed by atoms with Gasteiger partial charge in [-0.05, 0) is 37.4 Å². The number of hydrogen-bond donors (Lipinski definition) is 1. The van der Waals surface area contributed by atoms with E-state index in [1.807, 2.05) is 12.1 Å². The second kappa shape index (κ2) is 6.49. The molecular formula is C16H25FN2. The van der Waals surface area contributed by atoms with Crippen molar-refractivity contribution in [3.63, 3.8) is 0 Å². The average Bonchev–Trinajstić information content (AvgIpc) is 2.41.